The van der Waals surface area contributed by atoms with Gasteiger partial charge in [0.25, 0.3) is 5.92 Å². The molecular formula is C7H10F2N2S. The van der Waals surface area contributed by atoms with Crippen LogP contribution >= 0.6 is 11.3 Å². The van der Waals surface area contributed by atoms with Crippen molar-refractivity contribution in [3.8, 4) is 0 Å². The first-order valence-corrected chi connectivity index (χ1v) is 4.40. The summed E-state index contributed by atoms with van der Waals surface area (Å²) in [6.07, 6.45) is -0.353. The highest BCUT2D eigenvalue weighted by molar-refractivity contribution is 7.09. The van der Waals surface area contributed by atoms with Gasteiger partial charge in [0.05, 0.1) is 23.7 Å². The summed E-state index contributed by atoms with van der Waals surface area (Å²) in [7, 11) is 0. The van der Waals surface area contributed by atoms with E-state index in [-0.39, 0.29) is 6.42 Å². The van der Waals surface area contributed by atoms with Crippen LogP contribution in [0.1, 0.15) is 10.7 Å². The second kappa shape index (κ2) is 3.45. The molecule has 0 aliphatic carbocycles. The largest absolute Gasteiger partial charge is 0.325 e. The first kappa shape index (κ1) is 9.54. The number of thiazole rings is 1. The summed E-state index contributed by atoms with van der Waals surface area (Å²) in [6.45, 7) is 1.17. The van der Waals surface area contributed by atoms with Crippen LogP contribution in [0.2, 0.25) is 0 Å². The Morgan fingerprint density at radius 3 is 2.75 bits per heavy atom. The predicted octanol–water partition coefficient (Wildman–Crippen LogP) is 1.59. The Labute approximate surface area is 73.4 Å². The van der Waals surface area contributed by atoms with E-state index in [4.69, 9.17) is 5.73 Å². The normalized spacial score (nSPS) is 12.0. The van der Waals surface area contributed by atoms with Crippen LogP contribution in [-0.4, -0.2) is 17.5 Å². The quantitative estimate of drug-likeness (QED) is 0.789. The summed E-state index contributed by atoms with van der Waals surface area (Å²) in [5, 5.41) is 2.44. The maximum Gasteiger partial charge on any atom is 0.265 e. The third-order valence-corrected chi connectivity index (χ3v) is 2.23. The Bertz CT molecular complexity index is 260. The van der Waals surface area contributed by atoms with Crippen molar-refractivity contribution in [2.45, 2.75) is 19.3 Å². The molecule has 0 spiro atoms. The Morgan fingerprint density at radius 1 is 1.67 bits per heavy atom. The summed E-state index contributed by atoms with van der Waals surface area (Å²) >= 11 is 1.37. The van der Waals surface area contributed by atoms with Crippen LogP contribution < -0.4 is 5.73 Å². The zero-order valence-electron chi connectivity index (χ0n) is 6.68. The van der Waals surface area contributed by atoms with Crippen LogP contribution in [0.25, 0.3) is 0 Å². The molecule has 5 heteroatoms. The van der Waals surface area contributed by atoms with Crippen molar-refractivity contribution >= 4 is 11.3 Å². The molecule has 0 aliphatic heterocycles. The third kappa shape index (κ3) is 2.49. The first-order valence-electron chi connectivity index (χ1n) is 3.52. The van der Waals surface area contributed by atoms with E-state index in [1.54, 1.807) is 12.3 Å². The number of rotatable bonds is 3. The van der Waals surface area contributed by atoms with E-state index in [0.717, 1.165) is 5.01 Å². The molecule has 0 saturated heterocycles. The van der Waals surface area contributed by atoms with Crippen LogP contribution in [-0.2, 0) is 6.42 Å². The minimum Gasteiger partial charge on any atom is -0.325 e. The van der Waals surface area contributed by atoms with Crippen molar-refractivity contribution in [3.63, 3.8) is 0 Å². The van der Waals surface area contributed by atoms with Crippen molar-refractivity contribution in [2.75, 3.05) is 6.54 Å². The molecule has 1 rings (SSSR count). The minimum atomic E-state index is -2.82. The zero-order valence-corrected chi connectivity index (χ0v) is 7.50. The average molecular weight is 192 g/mol. The molecule has 0 amide bonds. The molecule has 1 aromatic rings. The second-order valence-corrected chi connectivity index (χ2v) is 3.66. The third-order valence-electron chi connectivity index (χ3n) is 1.40. The Hall–Kier alpha value is -0.550. The number of halogens is 2. The van der Waals surface area contributed by atoms with Gasteiger partial charge < -0.3 is 5.73 Å². The predicted molar refractivity (Wildman–Crippen MR) is 44.6 cm³/mol. The van der Waals surface area contributed by atoms with E-state index in [2.05, 4.69) is 4.98 Å². The smallest absolute Gasteiger partial charge is 0.265 e. The van der Waals surface area contributed by atoms with Gasteiger partial charge in [0.15, 0.2) is 0 Å². The van der Waals surface area contributed by atoms with Crippen LogP contribution in [0.3, 0.4) is 0 Å². The van der Waals surface area contributed by atoms with Gasteiger partial charge in [0.2, 0.25) is 0 Å². The van der Waals surface area contributed by atoms with Crippen LogP contribution in [0.15, 0.2) is 5.38 Å². The molecule has 68 valence electrons. The highest BCUT2D eigenvalue weighted by atomic mass is 32.1. The second-order valence-electron chi connectivity index (χ2n) is 2.59. The molecule has 0 atom stereocenters. The van der Waals surface area contributed by atoms with E-state index >= 15 is 0 Å². The van der Waals surface area contributed by atoms with Crippen molar-refractivity contribution in [1.82, 2.24) is 4.98 Å². The average Bonchev–Trinajstić information content (AvgIpc) is 2.35. The number of nitrogens with two attached hydrogens (primary N) is 1. The summed E-state index contributed by atoms with van der Waals surface area (Å²) in [5.41, 5.74) is 5.31. The lowest BCUT2D eigenvalue weighted by atomic mass is 10.2. The van der Waals surface area contributed by atoms with Crippen molar-refractivity contribution in [2.24, 2.45) is 5.73 Å². The first-order chi connectivity index (χ1) is 5.53. The lowest BCUT2D eigenvalue weighted by Crippen LogP contribution is -2.30. The van der Waals surface area contributed by atoms with Crippen LogP contribution in [0, 0.1) is 6.92 Å². The topological polar surface area (TPSA) is 38.9 Å². The number of hydrogen-bond acceptors (Lipinski definition) is 3. The van der Waals surface area contributed by atoms with E-state index < -0.39 is 12.5 Å². The number of aromatic nitrogens is 1. The number of hydrogen-bond donors (Lipinski definition) is 1. The van der Waals surface area contributed by atoms with Crippen LogP contribution in [0.4, 0.5) is 8.78 Å². The maximum atomic E-state index is 12.7. The molecule has 12 heavy (non-hydrogen) atoms. The molecule has 0 bridgehead atoms. The van der Waals surface area contributed by atoms with Gasteiger partial charge in [-0.3, -0.25) is 0 Å². The number of aryl methyl sites for hydroxylation is 1. The molecule has 1 aromatic heterocycles. The zero-order chi connectivity index (χ0) is 9.19. The van der Waals surface area contributed by atoms with Crippen molar-refractivity contribution < 1.29 is 8.78 Å². The summed E-state index contributed by atoms with van der Waals surface area (Å²) in [4.78, 5) is 3.93. The van der Waals surface area contributed by atoms with Gasteiger partial charge in [-0.2, -0.15) is 0 Å². The molecule has 0 radical (unpaired) electrons. The Kier molecular flexibility index (Phi) is 2.74. The molecule has 0 fully saturated rings. The molecule has 0 aromatic carbocycles. The van der Waals surface area contributed by atoms with Gasteiger partial charge in [-0.1, -0.05) is 0 Å². The Morgan fingerprint density at radius 2 is 2.33 bits per heavy atom. The molecule has 1 heterocycles. The number of nitrogens with zero attached hydrogens (tertiary/aromatic N) is 1. The van der Waals surface area contributed by atoms with Crippen LogP contribution in [0.5, 0.6) is 0 Å². The van der Waals surface area contributed by atoms with Gasteiger partial charge in [-0.25, -0.2) is 13.8 Å². The van der Waals surface area contributed by atoms with Crippen molar-refractivity contribution in [3.05, 3.63) is 16.1 Å². The molecular weight excluding hydrogens is 182 g/mol. The van der Waals surface area contributed by atoms with Crippen molar-refractivity contribution in [1.29, 1.82) is 0 Å². The fourth-order valence-electron chi connectivity index (χ4n) is 0.827. The standard InChI is InChI=1S/C7H10F2N2S/c1-5-11-6(3-12-5)2-7(8,9)4-10/h3H,2,4,10H2,1H3. The summed E-state index contributed by atoms with van der Waals surface area (Å²) < 4.78 is 25.4. The van der Waals surface area contributed by atoms with E-state index in [9.17, 15) is 8.78 Å². The molecule has 2 nitrogen and oxygen atoms in total. The minimum absolute atomic E-state index is 0.353. The van der Waals surface area contributed by atoms with E-state index in [1.807, 2.05) is 0 Å². The highest BCUT2D eigenvalue weighted by Crippen LogP contribution is 2.19. The molecule has 0 aliphatic rings. The summed E-state index contributed by atoms with van der Waals surface area (Å²) in [5.74, 6) is -2.82. The lowest BCUT2D eigenvalue weighted by Gasteiger charge is -2.10. The SMILES string of the molecule is Cc1nc(CC(F)(F)CN)cs1. The van der Waals surface area contributed by atoms with Gasteiger partial charge in [-0.05, 0) is 6.92 Å². The summed E-state index contributed by atoms with van der Waals surface area (Å²) in [6, 6.07) is 0. The fourth-order valence-corrected chi connectivity index (χ4v) is 1.44. The Balaban J connectivity index is 2.63. The fraction of sp³-hybridized carbons (Fsp3) is 0.571. The van der Waals surface area contributed by atoms with Gasteiger partial charge >= 0.3 is 0 Å². The maximum absolute atomic E-state index is 12.7. The monoisotopic (exact) mass is 192 g/mol. The number of alkyl halides is 2. The molecule has 2 N–H and O–H groups in total. The van der Waals surface area contributed by atoms with Gasteiger partial charge in [0, 0.05) is 5.38 Å². The van der Waals surface area contributed by atoms with E-state index in [0.29, 0.717) is 5.69 Å². The lowest BCUT2D eigenvalue weighted by molar-refractivity contribution is 0.0107. The molecule has 0 saturated carbocycles. The van der Waals surface area contributed by atoms with E-state index in [1.165, 1.54) is 11.3 Å². The van der Waals surface area contributed by atoms with Gasteiger partial charge in [-0.15, -0.1) is 11.3 Å². The highest BCUT2D eigenvalue weighted by Gasteiger charge is 2.27. The van der Waals surface area contributed by atoms with Gasteiger partial charge in [0.1, 0.15) is 0 Å². The molecule has 0 unspecified atom stereocenters.